The van der Waals surface area contributed by atoms with Gasteiger partial charge in [0.05, 0.1) is 17.4 Å². The Morgan fingerprint density at radius 2 is 1.90 bits per heavy atom. The van der Waals surface area contributed by atoms with Crippen LogP contribution in [-0.2, 0) is 9.59 Å². The Bertz CT molecular complexity index is 369. The Balaban J connectivity index is 2.09. The van der Waals surface area contributed by atoms with Gasteiger partial charge in [0.2, 0.25) is 5.91 Å². The fourth-order valence-electron chi connectivity index (χ4n) is 3.68. The van der Waals surface area contributed by atoms with Crippen LogP contribution < -0.4 is 10.6 Å². The highest BCUT2D eigenvalue weighted by Gasteiger charge is 2.44. The van der Waals surface area contributed by atoms with Gasteiger partial charge in [-0.05, 0) is 38.6 Å². The molecule has 0 aromatic rings. The Morgan fingerprint density at radius 1 is 1.20 bits per heavy atom. The molecule has 1 saturated carbocycles. The van der Waals surface area contributed by atoms with Crippen LogP contribution in [0.5, 0.6) is 0 Å². The maximum absolute atomic E-state index is 12.7. The highest BCUT2D eigenvalue weighted by atomic mass is 16.4. The van der Waals surface area contributed by atoms with E-state index in [0.29, 0.717) is 6.54 Å². The second-order valence-electron chi connectivity index (χ2n) is 6.43. The molecular formula is C15H26N2O3. The van der Waals surface area contributed by atoms with Gasteiger partial charge in [0.1, 0.15) is 0 Å². The first-order valence-electron chi connectivity index (χ1n) is 7.77. The molecular weight excluding hydrogens is 256 g/mol. The highest BCUT2D eigenvalue weighted by molar-refractivity contribution is 5.84. The molecule has 2 rings (SSSR count). The summed E-state index contributed by atoms with van der Waals surface area (Å²) in [5.41, 5.74) is -0.866. The summed E-state index contributed by atoms with van der Waals surface area (Å²) in [5.74, 6) is -0.769. The Kier molecular flexibility index (Phi) is 4.68. The molecule has 3 N–H and O–H groups in total. The van der Waals surface area contributed by atoms with Crippen LogP contribution in [0.3, 0.4) is 0 Å². The molecule has 0 radical (unpaired) electrons. The smallest absolute Gasteiger partial charge is 0.305 e. The number of hydrogen-bond donors (Lipinski definition) is 3. The van der Waals surface area contributed by atoms with Crippen LogP contribution in [0.4, 0.5) is 0 Å². The first-order chi connectivity index (χ1) is 9.52. The standard InChI is InChI=1S/C15H26N2O3/c1-2-14(6-5-9-16-11-14)13(20)17-15(10-12(18)19)7-3-4-8-15/h16H,2-11H2,1H3,(H,17,20)(H,18,19). The van der Waals surface area contributed by atoms with Crippen LogP contribution in [0.1, 0.15) is 58.3 Å². The first kappa shape index (κ1) is 15.3. The van der Waals surface area contributed by atoms with Crippen LogP contribution in [0, 0.1) is 5.41 Å². The van der Waals surface area contributed by atoms with E-state index in [1.165, 1.54) is 0 Å². The highest BCUT2D eigenvalue weighted by Crippen LogP contribution is 2.36. The average Bonchev–Trinajstić information content (AvgIpc) is 2.86. The van der Waals surface area contributed by atoms with E-state index in [4.69, 9.17) is 5.11 Å². The summed E-state index contributed by atoms with van der Waals surface area (Å²) in [7, 11) is 0. The van der Waals surface area contributed by atoms with Crippen molar-refractivity contribution < 1.29 is 14.7 Å². The van der Waals surface area contributed by atoms with E-state index in [2.05, 4.69) is 10.6 Å². The lowest BCUT2D eigenvalue weighted by molar-refractivity contribution is -0.140. The average molecular weight is 282 g/mol. The third kappa shape index (κ3) is 3.14. The molecule has 5 heteroatoms. The van der Waals surface area contributed by atoms with Crippen LogP contribution in [-0.4, -0.2) is 35.6 Å². The van der Waals surface area contributed by atoms with Crippen LogP contribution >= 0.6 is 0 Å². The number of amides is 1. The van der Waals surface area contributed by atoms with Gasteiger partial charge in [0.25, 0.3) is 0 Å². The van der Waals surface area contributed by atoms with E-state index in [9.17, 15) is 9.59 Å². The minimum Gasteiger partial charge on any atom is -0.481 e. The van der Waals surface area contributed by atoms with Crippen molar-refractivity contribution in [3.05, 3.63) is 0 Å². The zero-order chi connectivity index (χ0) is 14.6. The van der Waals surface area contributed by atoms with E-state index in [1.54, 1.807) is 0 Å². The number of piperidine rings is 1. The molecule has 1 aliphatic carbocycles. The van der Waals surface area contributed by atoms with Gasteiger partial charge in [0.15, 0.2) is 0 Å². The van der Waals surface area contributed by atoms with Gasteiger partial charge >= 0.3 is 5.97 Å². The lowest BCUT2D eigenvalue weighted by Crippen LogP contribution is -2.57. The SMILES string of the molecule is CCC1(C(=O)NC2(CC(=O)O)CCCC2)CCCNC1. The fourth-order valence-corrected chi connectivity index (χ4v) is 3.68. The molecule has 20 heavy (non-hydrogen) atoms. The normalized spacial score (nSPS) is 29.1. The van der Waals surface area contributed by atoms with E-state index < -0.39 is 11.5 Å². The molecule has 1 unspecified atom stereocenters. The molecule has 1 saturated heterocycles. The van der Waals surface area contributed by atoms with Gasteiger partial charge in [0, 0.05) is 6.54 Å². The summed E-state index contributed by atoms with van der Waals surface area (Å²) in [4.78, 5) is 23.9. The quantitative estimate of drug-likeness (QED) is 0.717. The van der Waals surface area contributed by atoms with E-state index in [0.717, 1.165) is 51.5 Å². The maximum atomic E-state index is 12.7. The van der Waals surface area contributed by atoms with E-state index in [1.807, 2.05) is 6.92 Å². The van der Waals surface area contributed by atoms with Crippen molar-refractivity contribution in [3.8, 4) is 0 Å². The molecule has 2 fully saturated rings. The number of carbonyl (C=O) groups excluding carboxylic acids is 1. The summed E-state index contributed by atoms with van der Waals surface area (Å²) < 4.78 is 0. The lowest BCUT2D eigenvalue weighted by atomic mass is 9.76. The van der Waals surface area contributed by atoms with Gasteiger partial charge in [-0.25, -0.2) is 0 Å². The summed E-state index contributed by atoms with van der Waals surface area (Å²) >= 11 is 0. The fraction of sp³-hybridized carbons (Fsp3) is 0.867. The van der Waals surface area contributed by atoms with Gasteiger partial charge < -0.3 is 15.7 Å². The van der Waals surface area contributed by atoms with Crippen molar-refractivity contribution >= 4 is 11.9 Å². The van der Waals surface area contributed by atoms with Gasteiger partial charge in [-0.3, -0.25) is 9.59 Å². The second kappa shape index (κ2) is 6.12. The number of carboxylic acid groups (broad SMARTS) is 1. The van der Waals surface area contributed by atoms with Crippen molar-refractivity contribution in [1.29, 1.82) is 0 Å². The maximum Gasteiger partial charge on any atom is 0.305 e. The summed E-state index contributed by atoms with van der Waals surface area (Å²) in [6.07, 6.45) is 6.34. The molecule has 5 nitrogen and oxygen atoms in total. The number of carboxylic acids is 1. The van der Waals surface area contributed by atoms with E-state index >= 15 is 0 Å². The van der Waals surface area contributed by atoms with Crippen molar-refractivity contribution in [2.75, 3.05) is 13.1 Å². The second-order valence-corrected chi connectivity index (χ2v) is 6.43. The Morgan fingerprint density at radius 3 is 2.40 bits per heavy atom. The minimum atomic E-state index is -0.820. The van der Waals surface area contributed by atoms with Gasteiger partial charge in [-0.1, -0.05) is 19.8 Å². The van der Waals surface area contributed by atoms with Gasteiger partial charge in [-0.15, -0.1) is 0 Å². The van der Waals surface area contributed by atoms with Crippen molar-refractivity contribution in [2.45, 2.75) is 63.8 Å². The molecule has 1 heterocycles. The van der Waals surface area contributed by atoms with Crippen molar-refractivity contribution in [3.63, 3.8) is 0 Å². The van der Waals surface area contributed by atoms with Crippen LogP contribution in [0.25, 0.3) is 0 Å². The molecule has 1 aliphatic heterocycles. The lowest BCUT2D eigenvalue weighted by Gasteiger charge is -2.39. The zero-order valence-electron chi connectivity index (χ0n) is 12.3. The number of hydrogen-bond acceptors (Lipinski definition) is 3. The minimum absolute atomic E-state index is 0.0476. The van der Waals surface area contributed by atoms with Crippen LogP contribution in [0.2, 0.25) is 0 Å². The molecule has 0 bridgehead atoms. The Hall–Kier alpha value is -1.10. The molecule has 0 spiro atoms. The van der Waals surface area contributed by atoms with Gasteiger partial charge in [-0.2, -0.15) is 0 Å². The number of rotatable bonds is 5. The number of aliphatic carboxylic acids is 1. The molecule has 2 aliphatic rings. The Labute approximate surface area is 120 Å². The monoisotopic (exact) mass is 282 g/mol. The predicted molar refractivity (Wildman–Crippen MR) is 76.4 cm³/mol. The van der Waals surface area contributed by atoms with E-state index in [-0.39, 0.29) is 17.7 Å². The number of carbonyl (C=O) groups is 2. The topological polar surface area (TPSA) is 78.4 Å². The van der Waals surface area contributed by atoms with Crippen LogP contribution in [0.15, 0.2) is 0 Å². The summed E-state index contributed by atoms with van der Waals surface area (Å²) in [6, 6.07) is 0. The molecule has 1 atom stereocenters. The summed E-state index contributed by atoms with van der Waals surface area (Å²) in [5, 5.41) is 15.6. The third-order valence-corrected chi connectivity index (χ3v) is 5.06. The summed E-state index contributed by atoms with van der Waals surface area (Å²) in [6.45, 7) is 3.72. The first-order valence-corrected chi connectivity index (χ1v) is 7.77. The zero-order valence-corrected chi connectivity index (χ0v) is 12.3. The predicted octanol–water partition coefficient (Wildman–Crippen LogP) is 1.67. The molecule has 0 aromatic carbocycles. The third-order valence-electron chi connectivity index (χ3n) is 5.06. The number of nitrogens with one attached hydrogen (secondary N) is 2. The molecule has 0 aromatic heterocycles. The van der Waals surface area contributed by atoms with Crippen molar-refractivity contribution in [2.24, 2.45) is 5.41 Å². The molecule has 1 amide bonds. The van der Waals surface area contributed by atoms with Crippen molar-refractivity contribution in [1.82, 2.24) is 10.6 Å². The largest absolute Gasteiger partial charge is 0.481 e. The molecule has 114 valence electrons.